The van der Waals surface area contributed by atoms with Gasteiger partial charge in [0.2, 0.25) is 5.88 Å². The number of esters is 2. The summed E-state index contributed by atoms with van der Waals surface area (Å²) in [4.78, 5) is 25.6. The number of hydrogen-bond donors (Lipinski definition) is 0. The minimum atomic E-state index is -0.519. The van der Waals surface area contributed by atoms with E-state index in [1.807, 2.05) is 30.3 Å². The summed E-state index contributed by atoms with van der Waals surface area (Å²) in [6.45, 7) is 2.01. The third-order valence-corrected chi connectivity index (χ3v) is 6.83. The van der Waals surface area contributed by atoms with Crippen LogP contribution < -0.4 is 4.74 Å². The van der Waals surface area contributed by atoms with Gasteiger partial charge in [-0.2, -0.15) is 9.78 Å². The fourth-order valence-corrected chi connectivity index (χ4v) is 6.06. The number of carbonyl (C=O) groups is 2. The van der Waals surface area contributed by atoms with Crippen LogP contribution in [0.15, 0.2) is 36.4 Å². The van der Waals surface area contributed by atoms with Crippen LogP contribution in [0.2, 0.25) is 0 Å². The van der Waals surface area contributed by atoms with Gasteiger partial charge >= 0.3 is 11.9 Å². The van der Waals surface area contributed by atoms with Gasteiger partial charge < -0.3 is 9.47 Å². The lowest BCUT2D eigenvalue weighted by molar-refractivity contribution is -0.162. The van der Waals surface area contributed by atoms with Crippen LogP contribution >= 0.6 is 0 Å². The third-order valence-electron chi connectivity index (χ3n) is 6.83. The topological polar surface area (TPSA) is 70.4 Å². The van der Waals surface area contributed by atoms with Gasteiger partial charge in [-0.15, -0.1) is 0 Å². The molecule has 4 fully saturated rings. The number of para-hydroxylation sites is 1. The Balaban J connectivity index is 1.46. The average Bonchev–Trinajstić information content (AvgIpc) is 3.12. The van der Waals surface area contributed by atoms with Crippen molar-refractivity contribution in [1.82, 2.24) is 9.78 Å². The Labute approximate surface area is 170 Å². The van der Waals surface area contributed by atoms with Crippen molar-refractivity contribution in [2.24, 2.45) is 23.2 Å². The molecule has 4 aliphatic rings. The molecule has 1 aromatic carbocycles. The van der Waals surface area contributed by atoms with Crippen LogP contribution in [0.1, 0.15) is 55.9 Å². The Morgan fingerprint density at radius 3 is 2.28 bits per heavy atom. The smallest absolute Gasteiger partial charge is 0.358 e. The van der Waals surface area contributed by atoms with Gasteiger partial charge in [-0.1, -0.05) is 18.2 Å². The Morgan fingerprint density at radius 1 is 1.07 bits per heavy atom. The van der Waals surface area contributed by atoms with E-state index in [4.69, 9.17) is 9.47 Å². The van der Waals surface area contributed by atoms with Crippen LogP contribution in [0.3, 0.4) is 0 Å². The first-order chi connectivity index (χ1) is 14.1. The lowest BCUT2D eigenvalue weighted by Gasteiger charge is -2.55. The molecule has 0 saturated heterocycles. The maximum Gasteiger partial charge on any atom is 0.358 e. The van der Waals surface area contributed by atoms with Crippen molar-refractivity contribution >= 4 is 11.9 Å². The van der Waals surface area contributed by atoms with Crippen molar-refractivity contribution < 1.29 is 19.1 Å². The average molecular weight is 394 g/mol. The fourth-order valence-electron chi connectivity index (χ4n) is 6.06. The van der Waals surface area contributed by atoms with Crippen molar-refractivity contribution in [2.45, 2.75) is 45.4 Å². The summed E-state index contributed by atoms with van der Waals surface area (Å²) in [5, 5.41) is 4.36. The number of nitrogens with zero attached hydrogens (tertiary/aromatic N) is 2. The van der Waals surface area contributed by atoms with E-state index in [-0.39, 0.29) is 29.6 Å². The van der Waals surface area contributed by atoms with Gasteiger partial charge in [-0.3, -0.25) is 4.79 Å². The van der Waals surface area contributed by atoms with Gasteiger partial charge in [0, 0.05) is 6.07 Å². The third kappa shape index (κ3) is 3.24. The molecular formula is C23H26N2O4. The highest BCUT2D eigenvalue weighted by atomic mass is 16.5. The zero-order valence-corrected chi connectivity index (χ0v) is 16.7. The molecule has 4 saturated carbocycles. The van der Waals surface area contributed by atoms with E-state index in [9.17, 15) is 9.59 Å². The first kappa shape index (κ1) is 18.4. The molecule has 0 amide bonds. The van der Waals surface area contributed by atoms with Crippen molar-refractivity contribution in [3.05, 3.63) is 42.1 Å². The minimum Gasteiger partial charge on any atom is -0.461 e. The van der Waals surface area contributed by atoms with Gasteiger partial charge in [0.05, 0.1) is 17.7 Å². The summed E-state index contributed by atoms with van der Waals surface area (Å²) >= 11 is 0. The summed E-state index contributed by atoms with van der Waals surface area (Å²) in [6, 6.07) is 10.9. The summed E-state index contributed by atoms with van der Waals surface area (Å²) in [5.41, 5.74) is 0.505. The van der Waals surface area contributed by atoms with E-state index in [0.717, 1.165) is 24.9 Å². The summed E-state index contributed by atoms with van der Waals surface area (Å²) < 4.78 is 12.5. The van der Waals surface area contributed by atoms with Crippen LogP contribution in [0, 0.1) is 23.2 Å². The van der Waals surface area contributed by atoms with E-state index in [0.29, 0.717) is 17.8 Å². The van der Waals surface area contributed by atoms with Crippen molar-refractivity contribution in [3.63, 3.8) is 0 Å². The van der Waals surface area contributed by atoms with Crippen LogP contribution in [-0.2, 0) is 9.53 Å². The van der Waals surface area contributed by atoms with E-state index in [1.165, 1.54) is 30.0 Å². The first-order valence-electron chi connectivity index (χ1n) is 10.6. The molecule has 2 aromatic rings. The predicted molar refractivity (Wildman–Crippen MR) is 106 cm³/mol. The van der Waals surface area contributed by atoms with Gasteiger partial charge in [0.1, 0.15) is 0 Å². The van der Waals surface area contributed by atoms with Crippen LogP contribution in [-0.4, -0.2) is 28.3 Å². The number of carbonyl (C=O) groups excluding carboxylic acids is 2. The second-order valence-electron chi connectivity index (χ2n) is 8.92. The summed E-state index contributed by atoms with van der Waals surface area (Å²) in [6.07, 6.45) is 6.59. The highest BCUT2D eigenvalue weighted by Crippen LogP contribution is 2.60. The Kier molecular flexibility index (Phi) is 4.45. The highest BCUT2D eigenvalue weighted by Gasteiger charge is 2.55. The van der Waals surface area contributed by atoms with Crippen LogP contribution in [0.4, 0.5) is 0 Å². The normalized spacial score (nSPS) is 29.6. The van der Waals surface area contributed by atoms with E-state index >= 15 is 0 Å². The molecule has 0 radical (unpaired) electrons. The predicted octanol–water partition coefficient (Wildman–Crippen LogP) is 4.17. The molecule has 0 atom stereocenters. The molecule has 152 valence electrons. The molecule has 0 spiro atoms. The van der Waals surface area contributed by atoms with Crippen molar-refractivity contribution in [2.75, 3.05) is 6.61 Å². The number of aromatic nitrogens is 2. The van der Waals surface area contributed by atoms with E-state index < -0.39 is 5.97 Å². The molecular weight excluding hydrogens is 368 g/mol. The summed E-state index contributed by atoms with van der Waals surface area (Å²) in [5.74, 6) is 1.56. The SMILES string of the molecule is CCOC(=O)c1cc(OC(=O)C23CC4CC(CC(C4)C2)C3)n(-c2ccccc2)n1. The largest absolute Gasteiger partial charge is 0.461 e. The number of ether oxygens (including phenoxy) is 2. The minimum absolute atomic E-state index is 0.143. The monoisotopic (exact) mass is 394 g/mol. The maximum atomic E-state index is 13.4. The Morgan fingerprint density at radius 2 is 1.69 bits per heavy atom. The van der Waals surface area contributed by atoms with Gasteiger partial charge in [-0.05, 0) is 75.3 Å². The zero-order chi connectivity index (χ0) is 20.0. The van der Waals surface area contributed by atoms with Gasteiger partial charge in [0.15, 0.2) is 5.69 Å². The standard InChI is InChI=1S/C23H26N2O4/c1-2-28-21(26)19-11-20(25(24-19)18-6-4-3-5-7-18)29-22(27)23-12-15-8-16(13-23)10-17(9-15)14-23/h3-7,11,15-17H,2,8-10,12-14H2,1H3. The fraction of sp³-hybridized carbons (Fsp3) is 0.522. The van der Waals surface area contributed by atoms with Gasteiger partial charge in [0.25, 0.3) is 0 Å². The number of rotatable bonds is 5. The molecule has 4 aliphatic carbocycles. The molecule has 1 aromatic heterocycles. The molecule has 6 rings (SSSR count). The van der Waals surface area contributed by atoms with Crippen LogP contribution in [0.5, 0.6) is 5.88 Å². The zero-order valence-electron chi connectivity index (χ0n) is 16.7. The molecule has 29 heavy (non-hydrogen) atoms. The van der Waals surface area contributed by atoms with Crippen LogP contribution in [0.25, 0.3) is 5.69 Å². The second kappa shape index (κ2) is 7.01. The molecule has 6 heteroatoms. The molecule has 6 nitrogen and oxygen atoms in total. The number of benzene rings is 1. The maximum absolute atomic E-state index is 13.4. The Bertz CT molecular complexity index is 898. The lowest BCUT2D eigenvalue weighted by Crippen LogP contribution is -2.51. The lowest BCUT2D eigenvalue weighted by atomic mass is 9.49. The quantitative estimate of drug-likeness (QED) is 0.712. The molecule has 0 aliphatic heterocycles. The van der Waals surface area contributed by atoms with E-state index in [1.54, 1.807) is 6.92 Å². The van der Waals surface area contributed by atoms with Crippen molar-refractivity contribution in [1.29, 1.82) is 0 Å². The van der Waals surface area contributed by atoms with E-state index in [2.05, 4.69) is 5.10 Å². The molecule has 0 unspecified atom stereocenters. The highest BCUT2D eigenvalue weighted by molar-refractivity contribution is 5.88. The molecule has 0 N–H and O–H groups in total. The van der Waals surface area contributed by atoms with Crippen molar-refractivity contribution in [3.8, 4) is 11.6 Å². The number of hydrogen-bond acceptors (Lipinski definition) is 5. The summed E-state index contributed by atoms with van der Waals surface area (Å²) in [7, 11) is 0. The Hall–Kier alpha value is -2.63. The molecule has 4 bridgehead atoms. The van der Waals surface area contributed by atoms with Gasteiger partial charge in [-0.25, -0.2) is 4.79 Å². The first-order valence-corrected chi connectivity index (χ1v) is 10.6. The second-order valence-corrected chi connectivity index (χ2v) is 8.92. The molecule has 1 heterocycles.